The Bertz CT molecular complexity index is 556. The van der Waals surface area contributed by atoms with Crippen LogP contribution >= 0.6 is 27.3 Å². The van der Waals surface area contributed by atoms with Crippen molar-refractivity contribution in [3.05, 3.63) is 44.3 Å². The van der Waals surface area contributed by atoms with Crippen molar-refractivity contribution < 1.29 is 4.74 Å². The smallest absolute Gasteiger partial charge is 0.122 e. The predicted octanol–water partition coefficient (Wildman–Crippen LogP) is 3.73. The van der Waals surface area contributed by atoms with E-state index in [9.17, 15) is 0 Å². The van der Waals surface area contributed by atoms with Gasteiger partial charge < -0.3 is 10.1 Å². The lowest BCUT2D eigenvalue weighted by Gasteiger charge is -2.16. The molecule has 0 radical (unpaired) electrons. The number of thiazole rings is 1. The van der Waals surface area contributed by atoms with Gasteiger partial charge in [0.05, 0.1) is 12.1 Å². The highest BCUT2D eigenvalue weighted by Gasteiger charge is 2.15. The molecule has 1 N–H and O–H groups in total. The largest absolute Gasteiger partial charge is 0.496 e. The molecule has 0 aliphatic carbocycles. The van der Waals surface area contributed by atoms with Crippen LogP contribution in [0.5, 0.6) is 5.75 Å². The van der Waals surface area contributed by atoms with E-state index in [0.29, 0.717) is 0 Å². The topological polar surface area (TPSA) is 34.1 Å². The minimum absolute atomic E-state index is 0.259. The van der Waals surface area contributed by atoms with Crippen LogP contribution in [0.3, 0.4) is 0 Å². The number of aromatic nitrogens is 1. The van der Waals surface area contributed by atoms with Gasteiger partial charge in [0.25, 0.3) is 0 Å². The Morgan fingerprint density at radius 2 is 2.26 bits per heavy atom. The molecule has 5 heteroatoms. The Morgan fingerprint density at radius 1 is 1.47 bits per heavy atom. The van der Waals surface area contributed by atoms with Gasteiger partial charge in [0.1, 0.15) is 5.75 Å². The summed E-state index contributed by atoms with van der Waals surface area (Å²) < 4.78 is 6.49. The van der Waals surface area contributed by atoms with Crippen molar-refractivity contribution in [1.82, 2.24) is 10.3 Å². The van der Waals surface area contributed by atoms with Gasteiger partial charge in [-0.1, -0.05) is 15.9 Å². The van der Waals surface area contributed by atoms with E-state index < -0.39 is 0 Å². The Labute approximate surface area is 126 Å². The van der Waals surface area contributed by atoms with Gasteiger partial charge in [-0.15, -0.1) is 11.3 Å². The van der Waals surface area contributed by atoms with E-state index in [-0.39, 0.29) is 6.04 Å². The van der Waals surface area contributed by atoms with Gasteiger partial charge in [0.2, 0.25) is 0 Å². The summed E-state index contributed by atoms with van der Waals surface area (Å²) in [6.07, 6.45) is 2.83. The van der Waals surface area contributed by atoms with Crippen molar-refractivity contribution in [3.8, 4) is 5.75 Å². The van der Waals surface area contributed by atoms with Crippen LogP contribution in [0.25, 0.3) is 0 Å². The third kappa shape index (κ3) is 3.55. The summed E-state index contributed by atoms with van der Waals surface area (Å²) >= 11 is 5.24. The molecule has 0 saturated carbocycles. The van der Waals surface area contributed by atoms with Crippen LogP contribution in [-0.2, 0) is 6.42 Å². The second kappa shape index (κ2) is 6.50. The lowest BCUT2D eigenvalue weighted by molar-refractivity contribution is 0.406. The van der Waals surface area contributed by atoms with Gasteiger partial charge in [-0.05, 0) is 44.2 Å². The number of nitrogens with zero attached hydrogens (tertiary/aromatic N) is 1. The molecule has 1 aromatic carbocycles. The molecule has 2 rings (SSSR count). The highest BCUT2D eigenvalue weighted by Crippen LogP contribution is 2.29. The molecule has 0 fully saturated rings. The molecule has 1 aromatic heterocycles. The molecule has 2 aromatic rings. The van der Waals surface area contributed by atoms with Gasteiger partial charge in [0, 0.05) is 21.6 Å². The lowest BCUT2D eigenvalue weighted by Crippen LogP contribution is -2.18. The first kappa shape index (κ1) is 14.5. The third-order valence-corrected chi connectivity index (χ3v) is 4.52. The standard InChI is InChI=1S/C14H17BrN2OS/c1-9-17-8-14(19-9)12(16-2)7-10-6-11(15)4-5-13(10)18-3/h4-6,8,12,16H,7H2,1-3H3. The van der Waals surface area contributed by atoms with Crippen LogP contribution in [-0.4, -0.2) is 19.1 Å². The van der Waals surface area contributed by atoms with E-state index in [1.165, 1.54) is 10.4 Å². The fourth-order valence-electron chi connectivity index (χ4n) is 2.01. The number of hydrogen-bond acceptors (Lipinski definition) is 4. The fourth-order valence-corrected chi connectivity index (χ4v) is 3.31. The van der Waals surface area contributed by atoms with Crippen molar-refractivity contribution in [2.75, 3.05) is 14.2 Å². The summed E-state index contributed by atoms with van der Waals surface area (Å²) in [5.74, 6) is 0.921. The van der Waals surface area contributed by atoms with Crippen molar-refractivity contribution in [3.63, 3.8) is 0 Å². The van der Waals surface area contributed by atoms with Crippen LogP contribution < -0.4 is 10.1 Å². The van der Waals surface area contributed by atoms with Crippen LogP contribution in [0, 0.1) is 6.92 Å². The molecule has 0 spiro atoms. The quantitative estimate of drug-likeness (QED) is 0.900. The molecule has 0 aliphatic heterocycles. The second-order valence-electron chi connectivity index (χ2n) is 4.28. The summed E-state index contributed by atoms with van der Waals surface area (Å²) in [4.78, 5) is 5.58. The zero-order valence-electron chi connectivity index (χ0n) is 11.2. The number of aryl methyl sites for hydroxylation is 1. The molecule has 1 unspecified atom stereocenters. The molecule has 102 valence electrons. The first-order chi connectivity index (χ1) is 9.13. The predicted molar refractivity (Wildman–Crippen MR) is 83.0 cm³/mol. The van der Waals surface area contributed by atoms with E-state index in [1.807, 2.05) is 32.3 Å². The van der Waals surface area contributed by atoms with Gasteiger partial charge in [-0.3, -0.25) is 0 Å². The molecule has 0 saturated heterocycles. The minimum Gasteiger partial charge on any atom is -0.496 e. The molecule has 1 heterocycles. The number of likely N-dealkylation sites (N-methyl/N-ethyl adjacent to an activating group) is 1. The van der Waals surface area contributed by atoms with Gasteiger partial charge in [-0.25, -0.2) is 4.98 Å². The molecule has 19 heavy (non-hydrogen) atoms. The maximum Gasteiger partial charge on any atom is 0.122 e. The average Bonchev–Trinajstić information content (AvgIpc) is 2.82. The lowest BCUT2D eigenvalue weighted by atomic mass is 10.0. The fraction of sp³-hybridized carbons (Fsp3) is 0.357. The molecule has 3 nitrogen and oxygen atoms in total. The van der Waals surface area contributed by atoms with E-state index in [4.69, 9.17) is 4.74 Å². The second-order valence-corrected chi connectivity index (χ2v) is 6.47. The van der Waals surface area contributed by atoms with Crippen LogP contribution in [0.4, 0.5) is 0 Å². The highest BCUT2D eigenvalue weighted by atomic mass is 79.9. The number of benzene rings is 1. The van der Waals surface area contributed by atoms with E-state index in [2.05, 4.69) is 32.3 Å². The van der Waals surface area contributed by atoms with Gasteiger partial charge >= 0.3 is 0 Å². The molecular formula is C14H17BrN2OS. The Balaban J connectivity index is 2.25. The van der Waals surface area contributed by atoms with E-state index in [0.717, 1.165) is 21.7 Å². The number of methoxy groups -OCH3 is 1. The summed E-state index contributed by atoms with van der Waals surface area (Å²) in [6.45, 7) is 2.03. The number of hydrogen-bond donors (Lipinski definition) is 1. The molecule has 1 atom stereocenters. The number of halogens is 1. The zero-order valence-corrected chi connectivity index (χ0v) is 13.6. The SMILES string of the molecule is CNC(Cc1cc(Br)ccc1OC)c1cnc(C)s1. The molecule has 0 bridgehead atoms. The van der Waals surface area contributed by atoms with E-state index >= 15 is 0 Å². The van der Waals surface area contributed by atoms with Crippen LogP contribution in [0.1, 0.15) is 21.5 Å². The highest BCUT2D eigenvalue weighted by molar-refractivity contribution is 9.10. The average molecular weight is 341 g/mol. The van der Waals surface area contributed by atoms with Crippen molar-refractivity contribution in [2.45, 2.75) is 19.4 Å². The summed E-state index contributed by atoms with van der Waals surface area (Å²) in [7, 11) is 3.68. The number of rotatable bonds is 5. The van der Waals surface area contributed by atoms with Crippen molar-refractivity contribution in [2.24, 2.45) is 0 Å². The summed E-state index contributed by atoms with van der Waals surface area (Å²) in [5, 5.41) is 4.44. The molecular weight excluding hydrogens is 324 g/mol. The number of nitrogens with one attached hydrogen (secondary N) is 1. The first-order valence-electron chi connectivity index (χ1n) is 6.06. The van der Waals surface area contributed by atoms with Gasteiger partial charge in [-0.2, -0.15) is 0 Å². The third-order valence-electron chi connectivity index (χ3n) is 3.00. The Hall–Kier alpha value is -0.910. The maximum atomic E-state index is 5.43. The minimum atomic E-state index is 0.259. The molecule has 0 aliphatic rings. The van der Waals surface area contributed by atoms with E-state index in [1.54, 1.807) is 18.4 Å². The molecule has 0 amide bonds. The van der Waals surface area contributed by atoms with Crippen molar-refractivity contribution in [1.29, 1.82) is 0 Å². The normalized spacial score (nSPS) is 12.4. The Kier molecular flexibility index (Phi) is 4.96. The van der Waals surface area contributed by atoms with Crippen LogP contribution in [0.15, 0.2) is 28.9 Å². The van der Waals surface area contributed by atoms with Crippen LogP contribution in [0.2, 0.25) is 0 Å². The zero-order chi connectivity index (χ0) is 13.8. The summed E-state index contributed by atoms with van der Waals surface area (Å²) in [6, 6.07) is 6.35. The monoisotopic (exact) mass is 340 g/mol. The number of ether oxygens (including phenoxy) is 1. The van der Waals surface area contributed by atoms with Gasteiger partial charge in [0.15, 0.2) is 0 Å². The summed E-state index contributed by atoms with van der Waals surface area (Å²) in [5.41, 5.74) is 1.18. The first-order valence-corrected chi connectivity index (χ1v) is 7.67. The Morgan fingerprint density at radius 3 is 2.84 bits per heavy atom. The van der Waals surface area contributed by atoms with Crippen molar-refractivity contribution >= 4 is 27.3 Å². The maximum absolute atomic E-state index is 5.43.